The largest absolute Gasteiger partial charge is 0.496 e. The molecule has 2 fully saturated rings. The highest BCUT2D eigenvalue weighted by Crippen LogP contribution is 2.27. The summed E-state index contributed by atoms with van der Waals surface area (Å²) in [5, 5.41) is 6.82. The van der Waals surface area contributed by atoms with Crippen molar-refractivity contribution < 1.29 is 9.53 Å². The Balaban J connectivity index is 0.00000280. The maximum atomic E-state index is 12.6. The van der Waals surface area contributed by atoms with Gasteiger partial charge in [0.2, 0.25) is 5.91 Å². The number of methoxy groups -OCH3 is 1. The van der Waals surface area contributed by atoms with Crippen molar-refractivity contribution in [1.29, 1.82) is 0 Å². The Labute approximate surface area is 185 Å². The highest BCUT2D eigenvalue weighted by atomic mass is 127. The number of amides is 1. The molecule has 1 unspecified atom stereocenters. The lowest BCUT2D eigenvalue weighted by Gasteiger charge is -2.21. The van der Waals surface area contributed by atoms with Gasteiger partial charge in [-0.05, 0) is 32.3 Å². The Kier molecular flexibility index (Phi) is 9.34. The molecule has 1 atom stereocenters. The summed E-state index contributed by atoms with van der Waals surface area (Å²) < 4.78 is 5.41. The summed E-state index contributed by atoms with van der Waals surface area (Å²) in [6.45, 7) is 5.03. The summed E-state index contributed by atoms with van der Waals surface area (Å²) in [7, 11) is 1.68. The van der Waals surface area contributed by atoms with E-state index in [4.69, 9.17) is 9.73 Å². The molecule has 0 spiro atoms. The van der Waals surface area contributed by atoms with Gasteiger partial charge in [-0.25, -0.2) is 4.99 Å². The number of rotatable bonds is 6. The predicted octanol–water partition coefficient (Wildman–Crippen LogP) is 3.16. The number of nitrogens with one attached hydrogen (secondary N) is 2. The minimum Gasteiger partial charge on any atom is -0.496 e. The van der Waals surface area contributed by atoms with Crippen LogP contribution in [0, 0.1) is 5.92 Å². The number of carbonyl (C=O) groups is 1. The third kappa shape index (κ3) is 5.99. The summed E-state index contributed by atoms with van der Waals surface area (Å²) in [4.78, 5) is 19.4. The lowest BCUT2D eigenvalue weighted by Crippen LogP contribution is -2.45. The van der Waals surface area contributed by atoms with Crippen molar-refractivity contribution in [3.05, 3.63) is 29.8 Å². The van der Waals surface area contributed by atoms with E-state index in [2.05, 4.69) is 17.6 Å². The Bertz CT molecular complexity index is 662. The van der Waals surface area contributed by atoms with Crippen molar-refractivity contribution >= 4 is 35.8 Å². The van der Waals surface area contributed by atoms with E-state index in [0.717, 1.165) is 56.2 Å². The lowest BCUT2D eigenvalue weighted by atomic mass is 10.1. The molecule has 7 heteroatoms. The zero-order valence-electron chi connectivity index (χ0n) is 16.9. The third-order valence-electron chi connectivity index (χ3n) is 5.49. The van der Waals surface area contributed by atoms with Gasteiger partial charge in [0.1, 0.15) is 5.75 Å². The van der Waals surface area contributed by atoms with Gasteiger partial charge in [-0.15, -0.1) is 24.0 Å². The van der Waals surface area contributed by atoms with Crippen LogP contribution in [-0.2, 0) is 11.3 Å². The lowest BCUT2D eigenvalue weighted by molar-refractivity contribution is -0.134. The fraction of sp³-hybridized carbons (Fsp3) is 0.619. The molecule has 1 saturated heterocycles. The summed E-state index contributed by atoms with van der Waals surface area (Å²) >= 11 is 0. The van der Waals surface area contributed by atoms with Crippen molar-refractivity contribution in [2.24, 2.45) is 10.9 Å². The molecule has 2 N–H and O–H groups in total. The molecule has 1 saturated carbocycles. The van der Waals surface area contributed by atoms with Crippen molar-refractivity contribution in [2.45, 2.75) is 51.6 Å². The average molecular weight is 500 g/mol. The van der Waals surface area contributed by atoms with E-state index in [-0.39, 0.29) is 35.9 Å². The highest BCUT2D eigenvalue weighted by Gasteiger charge is 2.32. The number of carbonyl (C=O) groups excluding carboxylic acids is 1. The van der Waals surface area contributed by atoms with E-state index >= 15 is 0 Å². The van der Waals surface area contributed by atoms with Crippen LogP contribution in [0.15, 0.2) is 29.3 Å². The van der Waals surface area contributed by atoms with Crippen LogP contribution in [0.5, 0.6) is 5.75 Å². The molecule has 156 valence electrons. The normalized spacial score (nSPS) is 20.0. The molecule has 0 aromatic heterocycles. The van der Waals surface area contributed by atoms with Crippen molar-refractivity contribution in [3.8, 4) is 5.75 Å². The minimum atomic E-state index is 0. The second kappa shape index (κ2) is 11.5. The number of benzene rings is 1. The number of hydrogen-bond acceptors (Lipinski definition) is 3. The number of halogens is 1. The van der Waals surface area contributed by atoms with Crippen LogP contribution in [-0.4, -0.2) is 49.6 Å². The number of nitrogens with zero attached hydrogens (tertiary/aromatic N) is 2. The van der Waals surface area contributed by atoms with Gasteiger partial charge in [0, 0.05) is 37.2 Å². The number of hydrogen-bond donors (Lipinski definition) is 2. The molecule has 1 amide bonds. The van der Waals surface area contributed by atoms with Gasteiger partial charge in [-0.1, -0.05) is 31.0 Å². The molecule has 1 aliphatic carbocycles. The van der Waals surface area contributed by atoms with Gasteiger partial charge in [0.15, 0.2) is 5.96 Å². The molecule has 6 nitrogen and oxygen atoms in total. The highest BCUT2D eigenvalue weighted by molar-refractivity contribution is 14.0. The van der Waals surface area contributed by atoms with Crippen LogP contribution < -0.4 is 15.4 Å². The van der Waals surface area contributed by atoms with Crippen LogP contribution in [0.25, 0.3) is 0 Å². The number of likely N-dealkylation sites (tertiary alicyclic amines) is 1. The smallest absolute Gasteiger partial charge is 0.225 e. The number of ether oxygens (including phenoxy) is 1. The number of aliphatic imine (C=N–C) groups is 1. The first-order chi connectivity index (χ1) is 13.2. The number of para-hydroxylation sites is 1. The molecule has 0 bridgehead atoms. The Hall–Kier alpha value is -1.51. The fourth-order valence-electron chi connectivity index (χ4n) is 4.02. The predicted molar refractivity (Wildman–Crippen MR) is 123 cm³/mol. The van der Waals surface area contributed by atoms with Crippen molar-refractivity contribution in [3.63, 3.8) is 0 Å². The molecule has 2 aliphatic rings. The molecule has 1 aliphatic heterocycles. The van der Waals surface area contributed by atoms with Gasteiger partial charge in [0.25, 0.3) is 0 Å². The van der Waals surface area contributed by atoms with Crippen LogP contribution in [0.2, 0.25) is 0 Å². The molecule has 1 aromatic carbocycles. The van der Waals surface area contributed by atoms with Gasteiger partial charge in [0.05, 0.1) is 13.7 Å². The van der Waals surface area contributed by atoms with Crippen LogP contribution in [0.1, 0.15) is 44.6 Å². The Morgan fingerprint density at radius 3 is 2.71 bits per heavy atom. The second-order valence-electron chi connectivity index (χ2n) is 7.40. The van der Waals surface area contributed by atoms with Crippen LogP contribution in [0.4, 0.5) is 0 Å². The maximum absolute atomic E-state index is 12.6. The van der Waals surface area contributed by atoms with Gasteiger partial charge in [-0.3, -0.25) is 4.79 Å². The second-order valence-corrected chi connectivity index (χ2v) is 7.40. The monoisotopic (exact) mass is 500 g/mol. The quantitative estimate of drug-likeness (QED) is 0.358. The molecule has 0 radical (unpaired) electrons. The van der Waals surface area contributed by atoms with Crippen LogP contribution in [0.3, 0.4) is 0 Å². The molecular formula is C21H33IN4O2. The van der Waals surface area contributed by atoms with E-state index < -0.39 is 0 Å². The summed E-state index contributed by atoms with van der Waals surface area (Å²) in [6, 6.07) is 8.20. The standard InChI is InChI=1S/C21H32N4O2.HI/c1-3-22-21(23-14-17-10-6-7-11-19(17)27-2)24-18-12-13-25(15-18)20(26)16-8-4-5-9-16;/h6-7,10-11,16,18H,3-5,8-9,12-15H2,1-2H3,(H2,22,23,24);1H. The average Bonchev–Trinajstić information content (AvgIpc) is 3.38. The Morgan fingerprint density at radius 2 is 2.00 bits per heavy atom. The summed E-state index contributed by atoms with van der Waals surface area (Å²) in [5.41, 5.74) is 1.06. The molecular weight excluding hydrogens is 467 g/mol. The molecule has 1 aromatic rings. The fourth-order valence-corrected chi connectivity index (χ4v) is 4.02. The minimum absolute atomic E-state index is 0. The molecule has 3 rings (SSSR count). The van der Waals surface area contributed by atoms with E-state index in [9.17, 15) is 4.79 Å². The Morgan fingerprint density at radius 1 is 1.25 bits per heavy atom. The van der Waals surface area contributed by atoms with Gasteiger partial charge >= 0.3 is 0 Å². The molecule has 28 heavy (non-hydrogen) atoms. The van der Waals surface area contributed by atoms with E-state index in [1.807, 2.05) is 29.2 Å². The maximum Gasteiger partial charge on any atom is 0.225 e. The third-order valence-corrected chi connectivity index (χ3v) is 5.49. The summed E-state index contributed by atoms with van der Waals surface area (Å²) in [6.07, 6.45) is 5.50. The van der Waals surface area contributed by atoms with Gasteiger partial charge < -0.3 is 20.3 Å². The van der Waals surface area contributed by atoms with Crippen molar-refractivity contribution in [1.82, 2.24) is 15.5 Å². The SMILES string of the molecule is CCNC(=NCc1ccccc1OC)NC1CCN(C(=O)C2CCCC2)C1.I. The summed E-state index contributed by atoms with van der Waals surface area (Å²) in [5.74, 6) is 2.26. The topological polar surface area (TPSA) is 66.0 Å². The first-order valence-corrected chi connectivity index (χ1v) is 10.2. The molecule has 1 heterocycles. The first-order valence-electron chi connectivity index (χ1n) is 10.2. The van der Waals surface area contributed by atoms with Crippen LogP contribution >= 0.6 is 24.0 Å². The van der Waals surface area contributed by atoms with Crippen molar-refractivity contribution in [2.75, 3.05) is 26.7 Å². The zero-order chi connectivity index (χ0) is 19.1. The zero-order valence-corrected chi connectivity index (χ0v) is 19.3. The van der Waals surface area contributed by atoms with Gasteiger partial charge in [-0.2, -0.15) is 0 Å². The van der Waals surface area contributed by atoms with E-state index in [1.165, 1.54) is 12.8 Å². The van der Waals surface area contributed by atoms with E-state index in [1.54, 1.807) is 7.11 Å². The first kappa shape index (κ1) is 22.8. The van der Waals surface area contributed by atoms with E-state index in [0.29, 0.717) is 12.5 Å². The number of guanidine groups is 1.